The molecule has 0 spiro atoms. The van der Waals surface area contributed by atoms with Crippen molar-refractivity contribution in [2.24, 2.45) is 5.92 Å². The van der Waals surface area contributed by atoms with Gasteiger partial charge in [-0.2, -0.15) is 5.26 Å². The lowest BCUT2D eigenvalue weighted by atomic mass is 9.84. The lowest BCUT2D eigenvalue weighted by Crippen LogP contribution is -2.38. The molecule has 1 fully saturated rings. The number of hydrogen-bond donors (Lipinski definition) is 1. The van der Waals surface area contributed by atoms with Crippen LogP contribution < -0.4 is 10.1 Å². The number of aromatic nitrogens is 1. The van der Waals surface area contributed by atoms with Gasteiger partial charge in [0.05, 0.1) is 22.9 Å². The molecule has 5 heteroatoms. The summed E-state index contributed by atoms with van der Waals surface area (Å²) in [5, 5.41) is 12.0. The SMILES string of the molecule is C[C@@H](NC(=O)c1ccc(COc2cccc(C#N)c2)nc1)C1CCCCC1. The van der Waals surface area contributed by atoms with E-state index in [2.05, 4.69) is 23.3 Å². The van der Waals surface area contributed by atoms with Crippen molar-refractivity contribution in [1.29, 1.82) is 5.26 Å². The minimum Gasteiger partial charge on any atom is -0.487 e. The number of rotatable bonds is 6. The first-order valence-corrected chi connectivity index (χ1v) is 9.54. The van der Waals surface area contributed by atoms with Crippen LogP contribution in [0.1, 0.15) is 60.6 Å². The van der Waals surface area contributed by atoms with Crippen molar-refractivity contribution in [3.63, 3.8) is 0 Å². The monoisotopic (exact) mass is 363 g/mol. The number of carbonyl (C=O) groups excluding carboxylic acids is 1. The predicted octanol–water partition coefficient (Wildman–Crippen LogP) is 4.23. The summed E-state index contributed by atoms with van der Waals surface area (Å²) in [7, 11) is 0. The van der Waals surface area contributed by atoms with Crippen LogP contribution in [0.2, 0.25) is 0 Å². The van der Waals surface area contributed by atoms with E-state index in [1.807, 2.05) is 0 Å². The van der Waals surface area contributed by atoms with Crippen molar-refractivity contribution in [1.82, 2.24) is 10.3 Å². The molecule has 0 bridgehead atoms. The minimum atomic E-state index is -0.0743. The number of nitriles is 1. The third-order valence-electron chi connectivity index (χ3n) is 5.15. The molecule has 1 aliphatic carbocycles. The summed E-state index contributed by atoms with van der Waals surface area (Å²) in [6.07, 6.45) is 7.82. The molecule has 3 rings (SSSR count). The number of pyridine rings is 1. The summed E-state index contributed by atoms with van der Waals surface area (Å²) >= 11 is 0. The van der Waals surface area contributed by atoms with Gasteiger partial charge in [-0.25, -0.2) is 0 Å². The number of ether oxygens (including phenoxy) is 1. The van der Waals surface area contributed by atoms with Crippen LogP contribution in [0.3, 0.4) is 0 Å². The highest BCUT2D eigenvalue weighted by Crippen LogP contribution is 2.26. The van der Waals surface area contributed by atoms with E-state index in [1.54, 1.807) is 42.6 Å². The fourth-order valence-electron chi connectivity index (χ4n) is 3.50. The zero-order chi connectivity index (χ0) is 19.1. The van der Waals surface area contributed by atoms with Crippen LogP contribution in [-0.4, -0.2) is 16.9 Å². The quantitative estimate of drug-likeness (QED) is 0.833. The van der Waals surface area contributed by atoms with Crippen LogP contribution in [0.5, 0.6) is 5.75 Å². The molecule has 140 valence electrons. The molecule has 0 unspecified atom stereocenters. The van der Waals surface area contributed by atoms with Crippen molar-refractivity contribution in [3.05, 3.63) is 59.4 Å². The highest BCUT2D eigenvalue weighted by Gasteiger charge is 2.21. The number of nitrogens with zero attached hydrogens (tertiary/aromatic N) is 2. The molecule has 1 saturated carbocycles. The van der Waals surface area contributed by atoms with Gasteiger partial charge in [-0.05, 0) is 56.0 Å². The van der Waals surface area contributed by atoms with Crippen LogP contribution >= 0.6 is 0 Å². The molecule has 1 N–H and O–H groups in total. The van der Waals surface area contributed by atoms with E-state index in [1.165, 1.54) is 32.1 Å². The Hall–Kier alpha value is -2.87. The van der Waals surface area contributed by atoms with E-state index in [9.17, 15) is 4.79 Å². The van der Waals surface area contributed by atoms with E-state index in [4.69, 9.17) is 10.00 Å². The first-order valence-electron chi connectivity index (χ1n) is 9.54. The smallest absolute Gasteiger partial charge is 0.253 e. The molecule has 0 radical (unpaired) electrons. The normalized spacial score (nSPS) is 15.6. The second-order valence-electron chi connectivity index (χ2n) is 7.13. The molecule has 1 atom stereocenters. The van der Waals surface area contributed by atoms with Crippen LogP contribution in [0.15, 0.2) is 42.6 Å². The van der Waals surface area contributed by atoms with Crippen molar-refractivity contribution in [3.8, 4) is 11.8 Å². The number of nitrogens with one attached hydrogen (secondary N) is 1. The van der Waals surface area contributed by atoms with Gasteiger partial charge in [-0.15, -0.1) is 0 Å². The fourth-order valence-corrected chi connectivity index (χ4v) is 3.50. The van der Waals surface area contributed by atoms with E-state index >= 15 is 0 Å². The maximum absolute atomic E-state index is 12.4. The van der Waals surface area contributed by atoms with Gasteiger partial charge in [0.15, 0.2) is 0 Å². The molecule has 1 amide bonds. The largest absolute Gasteiger partial charge is 0.487 e. The molecule has 1 aliphatic rings. The molecular formula is C22H25N3O2. The summed E-state index contributed by atoms with van der Waals surface area (Å²) in [4.78, 5) is 16.8. The van der Waals surface area contributed by atoms with Crippen molar-refractivity contribution < 1.29 is 9.53 Å². The second-order valence-corrected chi connectivity index (χ2v) is 7.13. The molecule has 2 aromatic rings. The van der Waals surface area contributed by atoms with Crippen LogP contribution in [0, 0.1) is 17.2 Å². The molecule has 1 aromatic carbocycles. The Labute approximate surface area is 160 Å². The third-order valence-corrected chi connectivity index (χ3v) is 5.15. The number of carbonyl (C=O) groups is 1. The van der Waals surface area contributed by atoms with E-state index < -0.39 is 0 Å². The van der Waals surface area contributed by atoms with Gasteiger partial charge in [0.2, 0.25) is 0 Å². The Morgan fingerprint density at radius 3 is 2.81 bits per heavy atom. The average molecular weight is 363 g/mol. The first-order chi connectivity index (χ1) is 13.2. The van der Waals surface area contributed by atoms with Crippen LogP contribution in [-0.2, 0) is 6.61 Å². The topological polar surface area (TPSA) is 75.0 Å². The van der Waals surface area contributed by atoms with Crippen molar-refractivity contribution in [2.45, 2.75) is 51.7 Å². The van der Waals surface area contributed by atoms with Gasteiger partial charge >= 0.3 is 0 Å². The zero-order valence-corrected chi connectivity index (χ0v) is 15.6. The molecule has 1 heterocycles. The molecule has 0 aliphatic heterocycles. The lowest BCUT2D eigenvalue weighted by Gasteiger charge is -2.28. The first kappa shape index (κ1) is 18.9. The summed E-state index contributed by atoms with van der Waals surface area (Å²) in [6.45, 7) is 2.38. The molecule has 27 heavy (non-hydrogen) atoms. The second kappa shape index (κ2) is 9.18. The van der Waals surface area contributed by atoms with Crippen molar-refractivity contribution >= 4 is 5.91 Å². The van der Waals surface area contributed by atoms with Crippen LogP contribution in [0.4, 0.5) is 0 Å². The van der Waals surface area contributed by atoms with Gasteiger partial charge < -0.3 is 10.1 Å². The highest BCUT2D eigenvalue weighted by molar-refractivity contribution is 5.94. The highest BCUT2D eigenvalue weighted by atomic mass is 16.5. The number of amides is 1. The van der Waals surface area contributed by atoms with Crippen LogP contribution in [0.25, 0.3) is 0 Å². The summed E-state index contributed by atoms with van der Waals surface area (Å²) in [6, 6.07) is 12.8. The van der Waals surface area contributed by atoms with Gasteiger partial charge in [0.1, 0.15) is 12.4 Å². The summed E-state index contributed by atoms with van der Waals surface area (Å²) < 4.78 is 5.66. The zero-order valence-electron chi connectivity index (χ0n) is 15.6. The van der Waals surface area contributed by atoms with Crippen molar-refractivity contribution in [2.75, 3.05) is 0 Å². The Morgan fingerprint density at radius 2 is 2.11 bits per heavy atom. The summed E-state index contributed by atoms with van der Waals surface area (Å²) in [5.74, 6) is 1.13. The molecule has 5 nitrogen and oxygen atoms in total. The van der Waals surface area contributed by atoms with Gasteiger partial charge in [-0.3, -0.25) is 9.78 Å². The van der Waals surface area contributed by atoms with E-state index in [-0.39, 0.29) is 18.6 Å². The Morgan fingerprint density at radius 1 is 1.30 bits per heavy atom. The molecular weight excluding hydrogens is 338 g/mol. The molecule has 0 saturated heterocycles. The maximum atomic E-state index is 12.4. The summed E-state index contributed by atoms with van der Waals surface area (Å²) in [5.41, 5.74) is 1.85. The average Bonchev–Trinajstić information content (AvgIpc) is 2.73. The Bertz CT molecular complexity index is 805. The van der Waals surface area contributed by atoms with E-state index in [0.29, 0.717) is 22.8 Å². The number of hydrogen-bond acceptors (Lipinski definition) is 4. The lowest BCUT2D eigenvalue weighted by molar-refractivity contribution is 0.0919. The van der Waals surface area contributed by atoms with Gasteiger partial charge in [-0.1, -0.05) is 25.3 Å². The Kier molecular flexibility index (Phi) is 6.43. The van der Waals surface area contributed by atoms with E-state index in [0.717, 1.165) is 5.69 Å². The minimum absolute atomic E-state index is 0.0743. The van der Waals surface area contributed by atoms with Gasteiger partial charge in [0.25, 0.3) is 5.91 Å². The Balaban J connectivity index is 1.53. The van der Waals surface area contributed by atoms with Gasteiger partial charge in [0, 0.05) is 12.2 Å². The predicted molar refractivity (Wildman–Crippen MR) is 103 cm³/mol. The molecule has 1 aromatic heterocycles. The maximum Gasteiger partial charge on any atom is 0.253 e. The standard InChI is InChI=1S/C22H25N3O2/c1-16(18-7-3-2-4-8-18)25-22(26)19-10-11-20(24-14-19)15-27-21-9-5-6-17(12-21)13-23/h5-6,9-12,14,16,18H,2-4,7-8,15H2,1H3,(H,25,26)/t16-/m1/s1. The fraction of sp³-hybridized carbons (Fsp3) is 0.409. The third kappa shape index (κ3) is 5.30. The number of benzene rings is 1.